The van der Waals surface area contributed by atoms with E-state index in [1.807, 2.05) is 32.0 Å². The number of hydrogen-bond acceptors (Lipinski definition) is 5. The number of nitriles is 1. The van der Waals surface area contributed by atoms with Crippen LogP contribution < -0.4 is 11.0 Å². The smallest absolute Gasteiger partial charge is 0.279 e. The molecule has 0 N–H and O–H groups in total. The second-order valence-corrected chi connectivity index (χ2v) is 8.51. The molecule has 0 aliphatic carbocycles. The van der Waals surface area contributed by atoms with Gasteiger partial charge in [-0.2, -0.15) is 10.3 Å². The van der Waals surface area contributed by atoms with E-state index in [0.717, 1.165) is 24.0 Å². The fourth-order valence-corrected chi connectivity index (χ4v) is 4.42. The van der Waals surface area contributed by atoms with Gasteiger partial charge >= 0.3 is 0 Å². The van der Waals surface area contributed by atoms with Crippen LogP contribution in [0.2, 0.25) is 0 Å². The number of benzene rings is 1. The highest BCUT2D eigenvalue weighted by Gasteiger charge is 2.21. The SMILES string of the molecule is Cc1ccccc1C(=O)N=c1c(C#N)cc2c(=O)n3cccc(C)c3nc2n1C[C@@H]1CCCO1. The van der Waals surface area contributed by atoms with E-state index in [9.17, 15) is 14.9 Å². The van der Waals surface area contributed by atoms with Crippen LogP contribution in [0.4, 0.5) is 0 Å². The van der Waals surface area contributed by atoms with Crippen LogP contribution in [0.25, 0.3) is 16.7 Å². The van der Waals surface area contributed by atoms with Gasteiger partial charge in [0.2, 0.25) is 0 Å². The molecule has 1 aliphatic rings. The molecule has 1 aliphatic heterocycles. The normalized spacial score (nSPS) is 16.3. The Bertz CT molecular complexity index is 1620. The number of nitrogens with zero attached hydrogens (tertiary/aromatic N) is 5. The van der Waals surface area contributed by atoms with Gasteiger partial charge in [0.1, 0.15) is 17.4 Å². The molecular weight excluding hydrogens is 430 g/mol. The molecule has 4 heterocycles. The Labute approximate surface area is 195 Å². The number of carbonyl (C=O) groups excluding carboxylic acids is 1. The summed E-state index contributed by atoms with van der Waals surface area (Å²) < 4.78 is 9.02. The largest absolute Gasteiger partial charge is 0.376 e. The van der Waals surface area contributed by atoms with E-state index in [2.05, 4.69) is 11.1 Å². The predicted molar refractivity (Wildman–Crippen MR) is 126 cm³/mol. The Kier molecular flexibility index (Phi) is 5.56. The maximum Gasteiger partial charge on any atom is 0.279 e. The first-order chi connectivity index (χ1) is 16.5. The third-order valence-corrected chi connectivity index (χ3v) is 6.22. The molecule has 0 radical (unpaired) electrons. The fourth-order valence-electron chi connectivity index (χ4n) is 4.42. The van der Waals surface area contributed by atoms with Crippen LogP contribution in [0.15, 0.2) is 58.4 Å². The van der Waals surface area contributed by atoms with Gasteiger partial charge in [-0.05, 0) is 56.0 Å². The molecular formula is C26H23N5O3. The molecule has 5 rings (SSSR count). The first-order valence-corrected chi connectivity index (χ1v) is 11.2. The lowest BCUT2D eigenvalue weighted by Crippen LogP contribution is -2.33. The molecule has 0 bridgehead atoms. The minimum absolute atomic E-state index is 0.123. The van der Waals surface area contributed by atoms with Gasteiger partial charge in [0.05, 0.1) is 23.6 Å². The second-order valence-electron chi connectivity index (χ2n) is 8.51. The topological polar surface area (TPSA) is 102 Å². The molecule has 1 saturated heterocycles. The van der Waals surface area contributed by atoms with Crippen molar-refractivity contribution in [3.8, 4) is 6.07 Å². The van der Waals surface area contributed by atoms with E-state index in [-0.39, 0.29) is 22.7 Å². The predicted octanol–water partition coefficient (Wildman–Crippen LogP) is 3.06. The zero-order chi connectivity index (χ0) is 23.8. The highest BCUT2D eigenvalue weighted by Crippen LogP contribution is 2.18. The first-order valence-electron chi connectivity index (χ1n) is 11.2. The van der Waals surface area contributed by atoms with Gasteiger partial charge in [-0.3, -0.25) is 14.0 Å². The summed E-state index contributed by atoms with van der Waals surface area (Å²) in [5.74, 6) is -0.455. The van der Waals surface area contributed by atoms with E-state index in [1.165, 1.54) is 10.5 Å². The summed E-state index contributed by atoms with van der Waals surface area (Å²) >= 11 is 0. The van der Waals surface area contributed by atoms with Gasteiger partial charge in [-0.15, -0.1) is 0 Å². The number of aromatic nitrogens is 3. The Morgan fingerprint density at radius 2 is 2.00 bits per heavy atom. The molecule has 3 aromatic heterocycles. The molecule has 0 saturated carbocycles. The summed E-state index contributed by atoms with van der Waals surface area (Å²) in [7, 11) is 0. The van der Waals surface area contributed by atoms with Gasteiger partial charge < -0.3 is 9.30 Å². The van der Waals surface area contributed by atoms with Crippen molar-refractivity contribution >= 4 is 22.6 Å². The zero-order valence-corrected chi connectivity index (χ0v) is 19.0. The minimum Gasteiger partial charge on any atom is -0.376 e. The van der Waals surface area contributed by atoms with Crippen LogP contribution in [0, 0.1) is 25.2 Å². The number of pyridine rings is 2. The van der Waals surface area contributed by atoms with Gasteiger partial charge in [-0.1, -0.05) is 24.3 Å². The van der Waals surface area contributed by atoms with Gasteiger partial charge in [0, 0.05) is 18.4 Å². The highest BCUT2D eigenvalue weighted by atomic mass is 16.5. The van der Waals surface area contributed by atoms with Crippen molar-refractivity contribution in [2.45, 2.75) is 39.3 Å². The van der Waals surface area contributed by atoms with Crippen LogP contribution >= 0.6 is 0 Å². The van der Waals surface area contributed by atoms with E-state index < -0.39 is 5.91 Å². The average Bonchev–Trinajstić information content (AvgIpc) is 3.35. The van der Waals surface area contributed by atoms with E-state index in [0.29, 0.717) is 35.4 Å². The van der Waals surface area contributed by atoms with Crippen molar-refractivity contribution in [2.24, 2.45) is 4.99 Å². The summed E-state index contributed by atoms with van der Waals surface area (Å²) in [6.45, 7) is 4.70. The highest BCUT2D eigenvalue weighted by molar-refractivity contribution is 5.96. The quantitative estimate of drug-likeness (QED) is 0.444. The van der Waals surface area contributed by atoms with Crippen LogP contribution in [-0.4, -0.2) is 32.6 Å². The number of fused-ring (bicyclic) bond motifs is 2. The molecule has 8 nitrogen and oxygen atoms in total. The molecule has 0 spiro atoms. The second kappa shape index (κ2) is 8.69. The van der Waals surface area contributed by atoms with Crippen molar-refractivity contribution in [1.82, 2.24) is 14.0 Å². The van der Waals surface area contributed by atoms with E-state index >= 15 is 0 Å². The maximum absolute atomic E-state index is 13.4. The Hall–Kier alpha value is -4.09. The van der Waals surface area contributed by atoms with Crippen molar-refractivity contribution in [1.29, 1.82) is 5.26 Å². The number of aryl methyl sites for hydroxylation is 2. The number of ether oxygens (including phenoxy) is 1. The van der Waals surface area contributed by atoms with Crippen molar-refractivity contribution < 1.29 is 9.53 Å². The average molecular weight is 454 g/mol. The Balaban J connectivity index is 1.86. The molecule has 4 aromatic rings. The third kappa shape index (κ3) is 3.70. The van der Waals surface area contributed by atoms with Crippen LogP contribution in [0.3, 0.4) is 0 Å². The van der Waals surface area contributed by atoms with E-state index in [1.54, 1.807) is 29.0 Å². The Morgan fingerprint density at radius 1 is 1.21 bits per heavy atom. The first kappa shape index (κ1) is 21.7. The lowest BCUT2D eigenvalue weighted by molar-refractivity contribution is 0.0952. The number of rotatable bonds is 3. The Morgan fingerprint density at radius 3 is 2.74 bits per heavy atom. The summed E-state index contributed by atoms with van der Waals surface area (Å²) in [6, 6.07) is 14.5. The van der Waals surface area contributed by atoms with Crippen molar-refractivity contribution in [3.05, 3.63) is 86.8 Å². The van der Waals surface area contributed by atoms with Gasteiger partial charge in [0.15, 0.2) is 5.49 Å². The van der Waals surface area contributed by atoms with Crippen molar-refractivity contribution in [2.75, 3.05) is 6.61 Å². The zero-order valence-electron chi connectivity index (χ0n) is 19.0. The van der Waals surface area contributed by atoms with Crippen LogP contribution in [0.1, 0.15) is 39.9 Å². The molecule has 0 unspecified atom stereocenters. The molecule has 1 aromatic carbocycles. The minimum atomic E-state index is -0.455. The summed E-state index contributed by atoms with van der Waals surface area (Å²) in [4.78, 5) is 35.7. The molecule has 1 amide bonds. The molecule has 8 heteroatoms. The maximum atomic E-state index is 13.4. The standard InChI is InChI=1S/C26H23N5O3/c1-16-7-3-4-10-20(16)25(32)29-23-18(14-27)13-21-24(31(23)15-19-9-6-12-34-19)28-22-17(2)8-5-11-30(22)26(21)33/h3-5,7-8,10-11,13,19H,6,9,12,15H2,1-2H3/t19-/m0/s1. The molecule has 170 valence electrons. The van der Waals surface area contributed by atoms with Gasteiger partial charge in [-0.25, -0.2) is 4.98 Å². The summed E-state index contributed by atoms with van der Waals surface area (Å²) in [6.07, 6.45) is 3.30. The molecule has 34 heavy (non-hydrogen) atoms. The monoisotopic (exact) mass is 453 g/mol. The number of amides is 1. The fraction of sp³-hybridized carbons (Fsp3) is 0.269. The van der Waals surface area contributed by atoms with Crippen molar-refractivity contribution in [3.63, 3.8) is 0 Å². The summed E-state index contributed by atoms with van der Waals surface area (Å²) in [5.41, 5.74) is 3.02. The lowest BCUT2D eigenvalue weighted by atomic mass is 10.1. The van der Waals surface area contributed by atoms with Gasteiger partial charge in [0.25, 0.3) is 11.5 Å². The van der Waals surface area contributed by atoms with Crippen LogP contribution in [0.5, 0.6) is 0 Å². The van der Waals surface area contributed by atoms with Crippen LogP contribution in [-0.2, 0) is 11.3 Å². The number of carbonyl (C=O) groups is 1. The third-order valence-electron chi connectivity index (χ3n) is 6.22. The van der Waals surface area contributed by atoms with E-state index in [4.69, 9.17) is 9.72 Å². The molecule has 1 atom stereocenters. The number of hydrogen-bond donors (Lipinski definition) is 0. The lowest BCUT2D eigenvalue weighted by Gasteiger charge is -2.17. The summed E-state index contributed by atoms with van der Waals surface area (Å²) in [5, 5.41) is 10.2. The molecule has 1 fully saturated rings.